The van der Waals surface area contributed by atoms with Crippen LogP contribution in [0, 0.1) is 0 Å². The second-order valence-corrected chi connectivity index (χ2v) is 6.95. The molecule has 1 heterocycles. The summed E-state index contributed by atoms with van der Waals surface area (Å²) < 4.78 is 1.34. The molecule has 0 aliphatic carbocycles. The van der Waals surface area contributed by atoms with Crippen LogP contribution in [0.15, 0.2) is 65.6 Å². The Bertz CT molecular complexity index is 1010. The fourth-order valence-corrected chi connectivity index (χ4v) is 2.89. The molecule has 1 N–H and O–H groups in total. The second-order valence-electron chi connectivity index (χ2n) is 6.57. The van der Waals surface area contributed by atoms with Crippen molar-refractivity contribution in [2.45, 2.75) is 13.1 Å². The van der Waals surface area contributed by atoms with Crippen LogP contribution in [0.25, 0.3) is 0 Å². The van der Waals surface area contributed by atoms with Gasteiger partial charge in [0.25, 0.3) is 11.5 Å². The van der Waals surface area contributed by atoms with Gasteiger partial charge in [-0.3, -0.25) is 9.59 Å². The van der Waals surface area contributed by atoms with E-state index >= 15 is 0 Å². The number of nitrogens with zero attached hydrogens (tertiary/aromatic N) is 3. The second kappa shape index (κ2) is 8.71. The molecule has 0 saturated carbocycles. The fraction of sp³-hybridized carbons (Fsp3) is 0.190. The Hall–Kier alpha value is -3.12. The van der Waals surface area contributed by atoms with Gasteiger partial charge in [-0.15, -0.1) is 0 Å². The molecule has 2 aromatic carbocycles. The maximum absolute atomic E-state index is 12.5. The third kappa shape index (κ3) is 4.58. The minimum atomic E-state index is -0.345. The SMILES string of the molecule is CN(C)C(=O)c1ccc(CNc2cnn(Cc3ccccc3)c(=O)c2Cl)cc1. The number of aromatic nitrogens is 2. The number of carbonyl (C=O) groups is 1. The first-order valence-electron chi connectivity index (χ1n) is 8.79. The molecule has 0 aliphatic rings. The summed E-state index contributed by atoms with van der Waals surface area (Å²) in [4.78, 5) is 25.9. The van der Waals surface area contributed by atoms with Crippen LogP contribution in [0.3, 0.4) is 0 Å². The van der Waals surface area contributed by atoms with E-state index in [0.29, 0.717) is 24.3 Å². The van der Waals surface area contributed by atoms with E-state index in [-0.39, 0.29) is 16.5 Å². The van der Waals surface area contributed by atoms with Crippen molar-refractivity contribution in [1.29, 1.82) is 0 Å². The van der Waals surface area contributed by atoms with Crippen molar-refractivity contribution in [1.82, 2.24) is 14.7 Å². The van der Waals surface area contributed by atoms with Gasteiger partial charge in [0.2, 0.25) is 0 Å². The molecule has 1 amide bonds. The monoisotopic (exact) mass is 396 g/mol. The van der Waals surface area contributed by atoms with Crippen molar-refractivity contribution in [2.75, 3.05) is 19.4 Å². The largest absolute Gasteiger partial charge is 0.378 e. The van der Waals surface area contributed by atoms with Crippen molar-refractivity contribution in [2.24, 2.45) is 0 Å². The number of amides is 1. The van der Waals surface area contributed by atoms with E-state index in [4.69, 9.17) is 11.6 Å². The number of carbonyl (C=O) groups excluding carboxylic acids is 1. The molecular formula is C21H21ClN4O2. The molecule has 0 radical (unpaired) electrons. The first-order valence-corrected chi connectivity index (χ1v) is 9.17. The molecule has 0 unspecified atom stereocenters. The van der Waals surface area contributed by atoms with Gasteiger partial charge in [-0.25, -0.2) is 4.68 Å². The molecule has 0 atom stereocenters. The lowest BCUT2D eigenvalue weighted by Gasteiger charge is -2.12. The number of hydrogen-bond acceptors (Lipinski definition) is 4. The number of anilines is 1. The van der Waals surface area contributed by atoms with Gasteiger partial charge in [0, 0.05) is 26.2 Å². The van der Waals surface area contributed by atoms with E-state index in [1.165, 1.54) is 9.58 Å². The predicted octanol–water partition coefficient (Wildman–Crippen LogP) is 3.26. The molecular weight excluding hydrogens is 376 g/mol. The summed E-state index contributed by atoms with van der Waals surface area (Å²) in [5.74, 6) is -0.0474. The van der Waals surface area contributed by atoms with E-state index in [2.05, 4.69) is 10.4 Å². The van der Waals surface area contributed by atoms with Crippen molar-refractivity contribution in [3.05, 3.63) is 92.9 Å². The number of halogens is 1. The highest BCUT2D eigenvalue weighted by atomic mass is 35.5. The van der Waals surface area contributed by atoms with E-state index < -0.39 is 0 Å². The van der Waals surface area contributed by atoms with Gasteiger partial charge in [-0.1, -0.05) is 54.1 Å². The van der Waals surface area contributed by atoms with Crippen LogP contribution >= 0.6 is 11.6 Å². The van der Waals surface area contributed by atoms with Gasteiger partial charge >= 0.3 is 0 Å². The summed E-state index contributed by atoms with van der Waals surface area (Å²) in [5.41, 5.74) is 2.69. The Morgan fingerprint density at radius 1 is 1.07 bits per heavy atom. The highest BCUT2D eigenvalue weighted by Crippen LogP contribution is 2.17. The minimum Gasteiger partial charge on any atom is -0.378 e. The average Bonchev–Trinajstić information content (AvgIpc) is 2.71. The van der Waals surface area contributed by atoms with Crippen LogP contribution in [0.4, 0.5) is 5.69 Å². The molecule has 0 spiro atoms. The lowest BCUT2D eigenvalue weighted by Crippen LogP contribution is -2.24. The maximum Gasteiger partial charge on any atom is 0.287 e. The molecule has 144 valence electrons. The molecule has 0 fully saturated rings. The number of nitrogens with one attached hydrogen (secondary N) is 1. The molecule has 0 bridgehead atoms. The third-order valence-electron chi connectivity index (χ3n) is 4.25. The average molecular weight is 397 g/mol. The zero-order chi connectivity index (χ0) is 20.1. The topological polar surface area (TPSA) is 67.2 Å². The summed E-state index contributed by atoms with van der Waals surface area (Å²) in [6.45, 7) is 0.820. The van der Waals surface area contributed by atoms with E-state index in [9.17, 15) is 9.59 Å². The smallest absolute Gasteiger partial charge is 0.287 e. The maximum atomic E-state index is 12.5. The molecule has 3 rings (SSSR count). The van der Waals surface area contributed by atoms with Gasteiger partial charge in [-0.05, 0) is 23.3 Å². The van der Waals surface area contributed by atoms with Crippen LogP contribution in [0.2, 0.25) is 5.02 Å². The van der Waals surface area contributed by atoms with E-state index in [0.717, 1.165) is 11.1 Å². The Morgan fingerprint density at radius 2 is 1.75 bits per heavy atom. The molecule has 3 aromatic rings. The molecule has 6 nitrogen and oxygen atoms in total. The van der Waals surface area contributed by atoms with Crippen molar-refractivity contribution >= 4 is 23.2 Å². The number of rotatable bonds is 6. The van der Waals surface area contributed by atoms with Gasteiger partial charge in [0.05, 0.1) is 18.4 Å². The Kier molecular flexibility index (Phi) is 6.11. The normalized spacial score (nSPS) is 10.5. The zero-order valence-electron chi connectivity index (χ0n) is 15.7. The lowest BCUT2D eigenvalue weighted by atomic mass is 10.1. The molecule has 1 aromatic heterocycles. The number of hydrogen-bond donors (Lipinski definition) is 1. The number of benzene rings is 2. The van der Waals surface area contributed by atoms with Crippen LogP contribution in [0.1, 0.15) is 21.5 Å². The van der Waals surface area contributed by atoms with Crippen molar-refractivity contribution in [3.63, 3.8) is 0 Å². The lowest BCUT2D eigenvalue weighted by molar-refractivity contribution is 0.0827. The quantitative estimate of drug-likeness (QED) is 0.694. The van der Waals surface area contributed by atoms with Gasteiger partial charge in [0.1, 0.15) is 5.02 Å². The molecule has 28 heavy (non-hydrogen) atoms. The van der Waals surface area contributed by atoms with Gasteiger partial charge in [0.15, 0.2) is 0 Å². The summed E-state index contributed by atoms with van der Waals surface area (Å²) in [6.07, 6.45) is 1.55. The first-order chi connectivity index (χ1) is 13.5. The fourth-order valence-electron chi connectivity index (χ4n) is 2.68. The van der Waals surface area contributed by atoms with Crippen LogP contribution in [0.5, 0.6) is 0 Å². The summed E-state index contributed by atoms with van der Waals surface area (Å²) in [7, 11) is 3.43. The molecule has 0 saturated heterocycles. The standard InChI is InChI=1S/C21H21ClN4O2/c1-25(2)20(27)17-10-8-15(9-11-17)12-23-18-13-24-26(21(28)19(18)22)14-16-6-4-3-5-7-16/h3-11,13,23H,12,14H2,1-2H3. The Balaban J connectivity index is 1.69. The Morgan fingerprint density at radius 3 is 2.39 bits per heavy atom. The first kappa shape index (κ1) is 19.6. The van der Waals surface area contributed by atoms with E-state index in [1.54, 1.807) is 32.4 Å². The Labute approximate surface area is 168 Å². The predicted molar refractivity (Wildman–Crippen MR) is 111 cm³/mol. The van der Waals surface area contributed by atoms with Crippen LogP contribution < -0.4 is 10.9 Å². The third-order valence-corrected chi connectivity index (χ3v) is 4.62. The van der Waals surface area contributed by atoms with Crippen molar-refractivity contribution in [3.8, 4) is 0 Å². The molecule has 0 aliphatic heterocycles. The van der Waals surface area contributed by atoms with Gasteiger partial charge < -0.3 is 10.2 Å². The minimum absolute atomic E-state index is 0.0474. The zero-order valence-corrected chi connectivity index (χ0v) is 16.5. The van der Waals surface area contributed by atoms with Crippen LogP contribution in [-0.4, -0.2) is 34.7 Å². The molecule has 7 heteroatoms. The summed E-state index contributed by atoms with van der Waals surface area (Å²) in [5, 5.41) is 7.44. The van der Waals surface area contributed by atoms with Gasteiger partial charge in [-0.2, -0.15) is 5.10 Å². The highest BCUT2D eigenvalue weighted by Gasteiger charge is 2.10. The summed E-state index contributed by atoms with van der Waals surface area (Å²) >= 11 is 6.25. The van der Waals surface area contributed by atoms with Crippen LogP contribution in [-0.2, 0) is 13.1 Å². The van der Waals surface area contributed by atoms with E-state index in [1.807, 2.05) is 42.5 Å². The highest BCUT2D eigenvalue weighted by molar-refractivity contribution is 6.32. The summed E-state index contributed by atoms with van der Waals surface area (Å²) in [6, 6.07) is 16.9. The van der Waals surface area contributed by atoms with Crippen molar-refractivity contribution < 1.29 is 4.79 Å².